The number of hydrogen-bond acceptors (Lipinski definition) is 6. The third-order valence-electron chi connectivity index (χ3n) is 2.20. The molecule has 8 nitrogen and oxygen atoms in total. The average molecular weight is 344 g/mol. The number of hydrogen-bond donors (Lipinski definition) is 4. The van der Waals surface area contributed by atoms with E-state index in [1.54, 1.807) is 0 Å². The van der Waals surface area contributed by atoms with Gasteiger partial charge >= 0.3 is 5.97 Å². The van der Waals surface area contributed by atoms with Crippen molar-refractivity contribution >= 4 is 46.5 Å². The molecule has 2 aromatic rings. The summed E-state index contributed by atoms with van der Waals surface area (Å²) >= 11 is 11.0. The topological polar surface area (TPSA) is 158 Å². The van der Waals surface area contributed by atoms with Gasteiger partial charge < -0.3 is 22.3 Å². The number of carboxylic acids is 1. The number of aromatic carboxylic acids is 1. The Bertz CT molecular complexity index is 662. The van der Waals surface area contributed by atoms with Crippen molar-refractivity contribution in [3.05, 3.63) is 46.0 Å². The zero-order chi connectivity index (χ0) is 16.9. The summed E-state index contributed by atoms with van der Waals surface area (Å²) in [6, 6.07) is 2.77. The fraction of sp³-hybridized carbons (Fsp3) is 0. The van der Waals surface area contributed by atoms with Crippen LogP contribution in [0.5, 0.6) is 0 Å². The zero-order valence-corrected chi connectivity index (χ0v) is 12.5. The van der Waals surface area contributed by atoms with Crippen LogP contribution in [0.15, 0.2) is 24.5 Å². The van der Waals surface area contributed by atoms with E-state index in [0.29, 0.717) is 10.0 Å². The molecule has 0 aromatic carbocycles. The Balaban J connectivity index is 0.000000220. The fourth-order valence-corrected chi connectivity index (χ4v) is 1.63. The molecule has 0 saturated carbocycles. The second-order valence-corrected chi connectivity index (χ2v) is 4.73. The highest BCUT2D eigenvalue weighted by Crippen LogP contribution is 2.15. The van der Waals surface area contributed by atoms with E-state index in [2.05, 4.69) is 9.97 Å². The molecule has 0 fully saturated rings. The van der Waals surface area contributed by atoms with Crippen LogP contribution in [0.4, 0.5) is 11.4 Å². The first-order chi connectivity index (χ1) is 10.2. The molecule has 0 bridgehead atoms. The Morgan fingerprint density at radius 2 is 1.36 bits per heavy atom. The molecule has 0 radical (unpaired) electrons. The molecule has 7 N–H and O–H groups in total. The number of nitrogens with zero attached hydrogens (tertiary/aromatic N) is 2. The second kappa shape index (κ2) is 7.43. The van der Waals surface area contributed by atoms with Crippen molar-refractivity contribution in [2.24, 2.45) is 5.73 Å². The van der Waals surface area contributed by atoms with Crippen molar-refractivity contribution in [2.75, 3.05) is 11.5 Å². The minimum atomic E-state index is -1.15. The van der Waals surface area contributed by atoms with Crippen LogP contribution in [-0.4, -0.2) is 27.0 Å². The van der Waals surface area contributed by atoms with Crippen LogP contribution in [0.2, 0.25) is 10.0 Å². The lowest BCUT2D eigenvalue weighted by Gasteiger charge is -1.98. The number of nitrogen functional groups attached to an aromatic ring is 2. The first kappa shape index (κ1) is 17.5. The Morgan fingerprint density at radius 1 is 0.955 bits per heavy atom. The molecule has 22 heavy (non-hydrogen) atoms. The van der Waals surface area contributed by atoms with E-state index in [4.69, 9.17) is 45.5 Å². The number of primary amides is 1. The van der Waals surface area contributed by atoms with Gasteiger partial charge in [-0.15, -0.1) is 0 Å². The lowest BCUT2D eigenvalue weighted by atomic mass is 10.3. The van der Waals surface area contributed by atoms with Crippen molar-refractivity contribution in [3.8, 4) is 0 Å². The maximum absolute atomic E-state index is 10.6. The number of pyridine rings is 2. The summed E-state index contributed by atoms with van der Waals surface area (Å²) in [5.41, 5.74) is 15.8. The van der Waals surface area contributed by atoms with E-state index in [9.17, 15) is 9.59 Å². The Kier molecular flexibility index (Phi) is 5.90. The van der Waals surface area contributed by atoms with Gasteiger partial charge in [-0.1, -0.05) is 23.2 Å². The van der Waals surface area contributed by atoms with E-state index in [1.807, 2.05) is 0 Å². The van der Waals surface area contributed by atoms with Crippen LogP contribution >= 0.6 is 23.2 Å². The van der Waals surface area contributed by atoms with Gasteiger partial charge in [0.25, 0.3) is 5.91 Å². The monoisotopic (exact) mass is 343 g/mol. The van der Waals surface area contributed by atoms with Gasteiger partial charge in [0.2, 0.25) is 0 Å². The Hall–Kier alpha value is -2.58. The molecule has 2 heterocycles. The number of rotatable bonds is 2. The minimum Gasteiger partial charge on any atom is -0.476 e. The number of carboxylic acid groups (broad SMARTS) is 1. The van der Waals surface area contributed by atoms with Crippen LogP contribution in [0.25, 0.3) is 0 Å². The van der Waals surface area contributed by atoms with Crippen LogP contribution < -0.4 is 17.2 Å². The number of anilines is 2. The van der Waals surface area contributed by atoms with Gasteiger partial charge in [-0.05, 0) is 12.1 Å². The number of halogens is 2. The molecule has 0 unspecified atom stereocenters. The number of carbonyl (C=O) groups is 2. The Morgan fingerprint density at radius 3 is 1.68 bits per heavy atom. The second-order valence-electron chi connectivity index (χ2n) is 3.85. The maximum Gasteiger partial charge on any atom is 0.356 e. The average Bonchev–Trinajstić information content (AvgIpc) is 2.38. The highest BCUT2D eigenvalue weighted by molar-refractivity contribution is 6.31. The summed E-state index contributed by atoms with van der Waals surface area (Å²) in [6.45, 7) is 0. The molecule has 1 amide bonds. The molecule has 10 heteroatoms. The molecule has 0 saturated heterocycles. The van der Waals surface area contributed by atoms with Crippen LogP contribution in [-0.2, 0) is 0 Å². The van der Waals surface area contributed by atoms with E-state index in [-0.39, 0.29) is 22.8 Å². The maximum atomic E-state index is 10.6. The summed E-state index contributed by atoms with van der Waals surface area (Å²) < 4.78 is 0. The summed E-state index contributed by atoms with van der Waals surface area (Å²) in [5, 5.41) is 9.18. The van der Waals surface area contributed by atoms with Crippen LogP contribution in [0, 0.1) is 0 Å². The fourth-order valence-electron chi connectivity index (χ4n) is 1.29. The molecular formula is C12H11Cl2N5O3. The van der Waals surface area contributed by atoms with Crippen molar-refractivity contribution in [3.63, 3.8) is 0 Å². The van der Waals surface area contributed by atoms with Gasteiger partial charge in [-0.2, -0.15) is 0 Å². The van der Waals surface area contributed by atoms with Crippen molar-refractivity contribution < 1.29 is 14.7 Å². The first-order valence-corrected chi connectivity index (χ1v) is 6.33. The highest BCUT2D eigenvalue weighted by atomic mass is 35.5. The minimum absolute atomic E-state index is 0.0504. The third kappa shape index (κ3) is 4.76. The Labute approximate surface area is 134 Å². The largest absolute Gasteiger partial charge is 0.476 e. The van der Waals surface area contributed by atoms with E-state index in [1.165, 1.54) is 24.5 Å². The van der Waals surface area contributed by atoms with Crippen LogP contribution in [0.3, 0.4) is 0 Å². The van der Waals surface area contributed by atoms with Gasteiger partial charge in [0.05, 0.1) is 21.4 Å². The van der Waals surface area contributed by atoms with E-state index < -0.39 is 11.9 Å². The lowest BCUT2D eigenvalue weighted by molar-refractivity contribution is 0.0691. The number of aromatic nitrogens is 2. The first-order valence-electron chi connectivity index (χ1n) is 5.57. The molecule has 2 rings (SSSR count). The molecule has 0 atom stereocenters. The predicted molar refractivity (Wildman–Crippen MR) is 82.8 cm³/mol. The summed E-state index contributed by atoms with van der Waals surface area (Å²) in [5.74, 6) is -1.81. The quantitative estimate of drug-likeness (QED) is 0.641. The SMILES string of the molecule is NC(=O)c1ncc(Cl)cc1N.Nc1cc(Cl)cnc1C(=O)O. The van der Waals surface area contributed by atoms with Crippen molar-refractivity contribution in [2.45, 2.75) is 0 Å². The van der Waals surface area contributed by atoms with Crippen molar-refractivity contribution in [1.29, 1.82) is 0 Å². The third-order valence-corrected chi connectivity index (χ3v) is 2.62. The van der Waals surface area contributed by atoms with E-state index in [0.717, 1.165) is 0 Å². The van der Waals surface area contributed by atoms with E-state index >= 15 is 0 Å². The molecule has 0 aliphatic heterocycles. The van der Waals surface area contributed by atoms with Gasteiger partial charge in [-0.25, -0.2) is 14.8 Å². The number of amides is 1. The van der Waals surface area contributed by atoms with Gasteiger partial charge in [-0.3, -0.25) is 4.79 Å². The molecule has 0 aliphatic carbocycles. The normalized spacial score (nSPS) is 9.55. The van der Waals surface area contributed by atoms with Gasteiger partial charge in [0.1, 0.15) is 0 Å². The molecule has 2 aromatic heterocycles. The number of carbonyl (C=O) groups excluding carboxylic acids is 1. The number of nitrogens with two attached hydrogens (primary N) is 3. The summed E-state index contributed by atoms with van der Waals surface area (Å²) in [7, 11) is 0. The van der Waals surface area contributed by atoms with Gasteiger partial charge in [0, 0.05) is 12.4 Å². The van der Waals surface area contributed by atoms with Gasteiger partial charge in [0.15, 0.2) is 11.4 Å². The molecule has 116 valence electrons. The standard InChI is InChI=1S/C6H6ClN3O.C6H5ClN2O2/c7-3-1-4(8)5(6(9)11)10-2-3;7-3-1-4(8)5(6(10)11)9-2-3/h1-2H,8H2,(H2,9,11);1-2H,8H2,(H,10,11). The highest BCUT2D eigenvalue weighted by Gasteiger charge is 2.08. The van der Waals surface area contributed by atoms with Crippen molar-refractivity contribution in [1.82, 2.24) is 9.97 Å². The smallest absolute Gasteiger partial charge is 0.356 e. The van der Waals surface area contributed by atoms with Crippen LogP contribution in [0.1, 0.15) is 21.0 Å². The summed E-state index contributed by atoms with van der Waals surface area (Å²) in [6.07, 6.45) is 2.55. The zero-order valence-electron chi connectivity index (χ0n) is 11.0. The lowest BCUT2D eigenvalue weighted by Crippen LogP contribution is -2.15. The summed E-state index contributed by atoms with van der Waals surface area (Å²) in [4.78, 5) is 28.1. The molecule has 0 spiro atoms. The molecular weight excluding hydrogens is 333 g/mol. The molecule has 0 aliphatic rings. The predicted octanol–water partition coefficient (Wildman–Crippen LogP) is 1.43.